The van der Waals surface area contributed by atoms with Gasteiger partial charge in [0.2, 0.25) is 0 Å². The molecule has 0 saturated carbocycles. The Kier molecular flexibility index (Phi) is 21.4. The minimum Gasteiger partial charge on any atom is -0.496 e. The summed E-state index contributed by atoms with van der Waals surface area (Å²) < 4.78 is 23.5. The van der Waals surface area contributed by atoms with E-state index < -0.39 is 0 Å². The molecule has 0 aliphatic rings. The molecule has 0 radical (unpaired) electrons. The van der Waals surface area contributed by atoms with Gasteiger partial charge in [0.1, 0.15) is 23.0 Å². The van der Waals surface area contributed by atoms with Crippen molar-refractivity contribution in [2.75, 3.05) is 27.4 Å². The third-order valence-corrected chi connectivity index (χ3v) is 9.29. The zero-order valence-electron chi connectivity index (χ0n) is 31.9. The quantitative estimate of drug-likeness (QED) is 0.0564. The lowest BCUT2D eigenvalue weighted by Crippen LogP contribution is -1.97. The molecule has 0 atom stereocenters. The molecule has 0 aromatic heterocycles. The molecule has 50 heavy (non-hydrogen) atoms. The highest BCUT2D eigenvalue weighted by Gasteiger charge is 2.08. The van der Waals surface area contributed by atoms with Crippen LogP contribution in [-0.4, -0.2) is 27.4 Å². The number of methoxy groups -OCH3 is 2. The van der Waals surface area contributed by atoms with Crippen LogP contribution >= 0.6 is 0 Å². The number of ether oxygens (including phenoxy) is 4. The van der Waals surface area contributed by atoms with Crippen LogP contribution in [0.1, 0.15) is 152 Å². The maximum Gasteiger partial charge on any atom is 0.126 e. The molecule has 0 aliphatic carbocycles. The molecular weight excluding hydrogens is 617 g/mol. The van der Waals surface area contributed by atoms with Crippen molar-refractivity contribution in [2.45, 2.75) is 129 Å². The van der Waals surface area contributed by atoms with E-state index in [1.54, 1.807) is 14.2 Å². The highest BCUT2D eigenvalue weighted by atomic mass is 16.5. The Balaban J connectivity index is 1.43. The van der Waals surface area contributed by atoms with Crippen molar-refractivity contribution in [2.24, 2.45) is 0 Å². The lowest BCUT2D eigenvalue weighted by molar-refractivity contribution is 0.304. The van der Waals surface area contributed by atoms with Crippen molar-refractivity contribution in [1.82, 2.24) is 0 Å². The molecule has 4 nitrogen and oxygen atoms in total. The summed E-state index contributed by atoms with van der Waals surface area (Å²) in [6, 6.07) is 20.6. The molecular formula is C46H66O4. The van der Waals surface area contributed by atoms with E-state index in [9.17, 15) is 0 Å². The fourth-order valence-electron chi connectivity index (χ4n) is 6.13. The molecule has 3 rings (SSSR count). The zero-order chi connectivity index (χ0) is 35.5. The van der Waals surface area contributed by atoms with E-state index >= 15 is 0 Å². The van der Waals surface area contributed by atoms with Gasteiger partial charge in [-0.3, -0.25) is 0 Å². The van der Waals surface area contributed by atoms with Gasteiger partial charge in [0.05, 0.1) is 27.4 Å². The van der Waals surface area contributed by atoms with E-state index in [2.05, 4.69) is 86.7 Å². The molecule has 274 valence electrons. The molecule has 0 fully saturated rings. The van der Waals surface area contributed by atoms with E-state index in [1.807, 2.05) is 12.1 Å². The van der Waals surface area contributed by atoms with Gasteiger partial charge in [-0.25, -0.2) is 0 Å². The Hall–Kier alpha value is -3.66. The molecule has 0 saturated heterocycles. The fraction of sp³-hybridized carbons (Fsp3) is 0.522. The Morgan fingerprint density at radius 2 is 0.720 bits per heavy atom. The number of benzene rings is 3. The summed E-state index contributed by atoms with van der Waals surface area (Å²) in [5.41, 5.74) is 4.12. The Morgan fingerprint density at radius 3 is 1.04 bits per heavy atom. The average Bonchev–Trinajstić information content (AvgIpc) is 3.15. The molecule has 3 aromatic carbocycles. The van der Waals surface area contributed by atoms with Gasteiger partial charge < -0.3 is 18.9 Å². The summed E-state index contributed by atoms with van der Waals surface area (Å²) in [5.74, 6) is 3.44. The molecule has 0 amide bonds. The van der Waals surface area contributed by atoms with Gasteiger partial charge in [-0.2, -0.15) is 0 Å². The second kappa shape index (κ2) is 26.2. The minimum absolute atomic E-state index is 0.780. The van der Waals surface area contributed by atoms with Crippen LogP contribution in [0.3, 0.4) is 0 Å². The first-order valence-electron chi connectivity index (χ1n) is 19.7. The van der Waals surface area contributed by atoms with Gasteiger partial charge in [0.15, 0.2) is 0 Å². The van der Waals surface area contributed by atoms with E-state index in [-0.39, 0.29) is 0 Å². The van der Waals surface area contributed by atoms with Crippen molar-refractivity contribution in [1.29, 1.82) is 0 Å². The SMILES string of the molecule is CCCCCCCCCCCOc1ccc(/C=C/c2cc(OC)c(/C=C/c3ccc(OCCCCCCCCCCC)cc3)cc2OC)cc1. The van der Waals surface area contributed by atoms with Crippen LogP contribution in [0.25, 0.3) is 24.3 Å². The van der Waals surface area contributed by atoms with Crippen LogP contribution in [0.15, 0.2) is 60.7 Å². The predicted octanol–water partition coefficient (Wildman–Crippen LogP) is 13.9. The maximum atomic E-state index is 5.99. The summed E-state index contributed by atoms with van der Waals surface area (Å²) in [7, 11) is 3.42. The highest BCUT2D eigenvalue weighted by molar-refractivity contribution is 5.79. The summed E-state index contributed by atoms with van der Waals surface area (Å²) >= 11 is 0. The Bertz CT molecular complexity index is 1230. The van der Waals surface area contributed by atoms with Gasteiger partial charge in [-0.15, -0.1) is 0 Å². The molecule has 0 spiro atoms. The highest BCUT2D eigenvalue weighted by Crippen LogP contribution is 2.32. The van der Waals surface area contributed by atoms with Crippen LogP contribution in [0, 0.1) is 0 Å². The van der Waals surface area contributed by atoms with Gasteiger partial charge in [-0.05, 0) is 60.4 Å². The summed E-state index contributed by atoms with van der Waals surface area (Å²) in [6.45, 7) is 6.10. The first-order valence-corrected chi connectivity index (χ1v) is 19.7. The first-order chi connectivity index (χ1) is 24.7. The van der Waals surface area contributed by atoms with Crippen molar-refractivity contribution in [3.63, 3.8) is 0 Å². The van der Waals surface area contributed by atoms with E-state index in [4.69, 9.17) is 18.9 Å². The van der Waals surface area contributed by atoms with E-state index in [0.29, 0.717) is 0 Å². The number of rotatable bonds is 28. The molecule has 0 heterocycles. The van der Waals surface area contributed by atoms with Crippen LogP contribution in [-0.2, 0) is 0 Å². The van der Waals surface area contributed by atoms with Gasteiger partial charge in [0.25, 0.3) is 0 Å². The van der Waals surface area contributed by atoms with Crippen molar-refractivity contribution < 1.29 is 18.9 Å². The first kappa shape index (κ1) is 40.8. The smallest absolute Gasteiger partial charge is 0.126 e. The molecule has 0 unspecified atom stereocenters. The predicted molar refractivity (Wildman–Crippen MR) is 216 cm³/mol. The van der Waals surface area contributed by atoms with E-state index in [0.717, 1.165) is 71.3 Å². The van der Waals surface area contributed by atoms with Crippen molar-refractivity contribution >= 4 is 24.3 Å². The van der Waals surface area contributed by atoms with Crippen LogP contribution in [0.4, 0.5) is 0 Å². The Morgan fingerprint density at radius 1 is 0.400 bits per heavy atom. The molecule has 0 bridgehead atoms. The largest absolute Gasteiger partial charge is 0.496 e. The third kappa shape index (κ3) is 16.8. The minimum atomic E-state index is 0.780. The third-order valence-electron chi connectivity index (χ3n) is 9.29. The van der Waals surface area contributed by atoms with Gasteiger partial charge in [-0.1, -0.05) is 165 Å². The number of unbranched alkanes of at least 4 members (excludes halogenated alkanes) is 16. The monoisotopic (exact) mass is 682 g/mol. The average molecular weight is 683 g/mol. The standard InChI is InChI=1S/C46H66O4/c1-5-7-9-11-13-15-17-19-21-35-49-43-31-25-39(26-32-43)23-29-41-37-46(48-4)42(38-45(41)47-3)30-24-40-27-33-44(34-28-40)50-36-22-20-18-16-14-12-10-8-6-2/h23-34,37-38H,5-22,35-36H2,1-4H3/b29-23+,30-24+. The van der Waals surface area contributed by atoms with Gasteiger partial charge >= 0.3 is 0 Å². The van der Waals surface area contributed by atoms with Crippen LogP contribution < -0.4 is 18.9 Å². The summed E-state index contributed by atoms with van der Waals surface area (Å²) in [4.78, 5) is 0. The molecule has 0 N–H and O–H groups in total. The maximum absolute atomic E-state index is 5.99. The van der Waals surface area contributed by atoms with Crippen LogP contribution in [0.2, 0.25) is 0 Å². The van der Waals surface area contributed by atoms with Gasteiger partial charge in [0, 0.05) is 11.1 Å². The van der Waals surface area contributed by atoms with Crippen LogP contribution in [0.5, 0.6) is 23.0 Å². The summed E-state index contributed by atoms with van der Waals surface area (Å²) in [5, 5.41) is 0. The lowest BCUT2D eigenvalue weighted by atomic mass is 10.1. The number of hydrogen-bond donors (Lipinski definition) is 0. The topological polar surface area (TPSA) is 36.9 Å². The lowest BCUT2D eigenvalue weighted by Gasteiger charge is -2.11. The molecule has 0 aliphatic heterocycles. The second-order valence-electron chi connectivity index (χ2n) is 13.5. The molecule has 4 heteroatoms. The number of hydrogen-bond acceptors (Lipinski definition) is 4. The fourth-order valence-corrected chi connectivity index (χ4v) is 6.13. The van der Waals surface area contributed by atoms with E-state index in [1.165, 1.54) is 103 Å². The normalized spacial score (nSPS) is 11.4. The summed E-state index contributed by atoms with van der Waals surface area (Å²) in [6.07, 6.45) is 32.1. The zero-order valence-corrected chi connectivity index (χ0v) is 31.9. The van der Waals surface area contributed by atoms with Crippen molar-refractivity contribution in [3.05, 3.63) is 82.9 Å². The van der Waals surface area contributed by atoms with Crippen molar-refractivity contribution in [3.8, 4) is 23.0 Å². The second-order valence-corrected chi connectivity index (χ2v) is 13.5. The molecule has 3 aromatic rings. The Labute approximate surface area is 305 Å².